The highest BCUT2D eigenvalue weighted by molar-refractivity contribution is 7.92. The van der Waals surface area contributed by atoms with E-state index in [1.807, 2.05) is 6.92 Å². The second kappa shape index (κ2) is 5.45. The lowest BCUT2D eigenvalue weighted by Gasteiger charge is -2.10. The van der Waals surface area contributed by atoms with E-state index in [9.17, 15) is 8.42 Å². The third-order valence-corrected chi connectivity index (χ3v) is 4.52. The standard InChI is InChI=1S/C13H12ClNO2S2/c1-9-2-5-11(6-3-9)19(16,17)15-12-7-4-10(14)8-13(12)18/h2-8,15,18H,1H3. The monoisotopic (exact) mass is 313 g/mol. The molecule has 19 heavy (non-hydrogen) atoms. The first-order chi connectivity index (χ1) is 8.88. The van der Waals surface area contributed by atoms with E-state index in [-0.39, 0.29) is 4.90 Å². The van der Waals surface area contributed by atoms with Crippen LogP contribution in [0, 0.1) is 6.92 Å². The van der Waals surface area contributed by atoms with Gasteiger partial charge in [0.25, 0.3) is 10.0 Å². The van der Waals surface area contributed by atoms with Crippen LogP contribution in [0.1, 0.15) is 5.56 Å². The van der Waals surface area contributed by atoms with Crippen molar-refractivity contribution in [1.82, 2.24) is 0 Å². The number of thiol groups is 1. The number of aryl methyl sites for hydroxylation is 1. The molecule has 2 rings (SSSR count). The second-order valence-electron chi connectivity index (χ2n) is 4.08. The molecule has 0 aliphatic rings. The van der Waals surface area contributed by atoms with Crippen LogP contribution in [0.2, 0.25) is 5.02 Å². The molecular weight excluding hydrogens is 302 g/mol. The van der Waals surface area contributed by atoms with Crippen molar-refractivity contribution in [3.63, 3.8) is 0 Å². The van der Waals surface area contributed by atoms with Gasteiger partial charge in [-0.3, -0.25) is 4.72 Å². The van der Waals surface area contributed by atoms with Gasteiger partial charge in [-0.25, -0.2) is 8.42 Å². The number of nitrogens with one attached hydrogen (secondary N) is 1. The molecule has 1 N–H and O–H groups in total. The molecule has 2 aromatic rings. The zero-order chi connectivity index (χ0) is 14.0. The Balaban J connectivity index is 2.33. The predicted octanol–water partition coefficient (Wildman–Crippen LogP) is 3.74. The maximum Gasteiger partial charge on any atom is 0.261 e. The van der Waals surface area contributed by atoms with E-state index >= 15 is 0 Å². The topological polar surface area (TPSA) is 46.2 Å². The SMILES string of the molecule is Cc1ccc(S(=O)(=O)Nc2ccc(Cl)cc2S)cc1. The van der Waals surface area contributed by atoms with Crippen LogP contribution in [-0.4, -0.2) is 8.42 Å². The summed E-state index contributed by atoms with van der Waals surface area (Å²) in [6, 6.07) is 11.4. The van der Waals surface area contributed by atoms with Crippen molar-refractivity contribution in [2.45, 2.75) is 16.7 Å². The predicted molar refractivity (Wildman–Crippen MR) is 80.7 cm³/mol. The maximum absolute atomic E-state index is 12.2. The molecule has 0 amide bonds. The van der Waals surface area contributed by atoms with Gasteiger partial charge in [0.15, 0.2) is 0 Å². The van der Waals surface area contributed by atoms with Crippen LogP contribution in [0.5, 0.6) is 0 Å². The lowest BCUT2D eigenvalue weighted by molar-refractivity contribution is 0.601. The molecule has 0 fully saturated rings. The van der Waals surface area contributed by atoms with Gasteiger partial charge in [-0.05, 0) is 37.3 Å². The summed E-state index contributed by atoms with van der Waals surface area (Å²) in [5.41, 5.74) is 1.40. The summed E-state index contributed by atoms with van der Waals surface area (Å²) in [7, 11) is -3.61. The second-order valence-corrected chi connectivity index (χ2v) is 6.68. The Morgan fingerprint density at radius 3 is 2.32 bits per heavy atom. The minimum atomic E-state index is -3.61. The van der Waals surface area contributed by atoms with Gasteiger partial charge in [0.2, 0.25) is 0 Å². The highest BCUT2D eigenvalue weighted by Gasteiger charge is 2.15. The van der Waals surface area contributed by atoms with E-state index in [1.165, 1.54) is 0 Å². The minimum Gasteiger partial charge on any atom is -0.279 e. The summed E-state index contributed by atoms with van der Waals surface area (Å²) in [4.78, 5) is 0.684. The Bertz CT molecular complexity index is 697. The van der Waals surface area contributed by atoms with Gasteiger partial charge in [0, 0.05) is 9.92 Å². The van der Waals surface area contributed by atoms with Crippen molar-refractivity contribution < 1.29 is 8.42 Å². The van der Waals surface area contributed by atoms with Gasteiger partial charge < -0.3 is 0 Å². The molecular formula is C13H12ClNO2S2. The number of benzene rings is 2. The van der Waals surface area contributed by atoms with Gasteiger partial charge >= 0.3 is 0 Å². The fraction of sp³-hybridized carbons (Fsp3) is 0.0769. The van der Waals surface area contributed by atoms with Crippen LogP contribution in [0.25, 0.3) is 0 Å². The lowest BCUT2D eigenvalue weighted by atomic mass is 10.2. The molecule has 2 aromatic carbocycles. The Hall–Kier alpha value is -1.17. The molecule has 0 unspecified atom stereocenters. The summed E-state index contributed by atoms with van der Waals surface area (Å²) in [5, 5.41) is 0.503. The molecule has 0 radical (unpaired) electrons. The number of rotatable bonds is 3. The Morgan fingerprint density at radius 2 is 1.74 bits per heavy atom. The number of sulfonamides is 1. The molecule has 0 saturated carbocycles. The number of halogens is 1. The van der Waals surface area contributed by atoms with Crippen molar-refractivity contribution in [2.24, 2.45) is 0 Å². The first-order valence-corrected chi connectivity index (χ1v) is 7.77. The molecule has 0 aliphatic heterocycles. The van der Waals surface area contributed by atoms with Crippen LogP contribution in [0.4, 0.5) is 5.69 Å². The summed E-state index contributed by atoms with van der Waals surface area (Å²) >= 11 is 9.99. The number of anilines is 1. The van der Waals surface area contributed by atoms with Gasteiger partial charge in [-0.15, -0.1) is 12.6 Å². The van der Waals surface area contributed by atoms with Crippen molar-refractivity contribution in [3.8, 4) is 0 Å². The number of hydrogen-bond acceptors (Lipinski definition) is 3. The fourth-order valence-corrected chi connectivity index (χ4v) is 3.19. The molecule has 3 nitrogen and oxygen atoms in total. The first-order valence-electron chi connectivity index (χ1n) is 5.46. The van der Waals surface area contributed by atoms with Crippen molar-refractivity contribution >= 4 is 39.9 Å². The van der Waals surface area contributed by atoms with Crippen LogP contribution < -0.4 is 4.72 Å². The van der Waals surface area contributed by atoms with Gasteiger partial charge in [0.1, 0.15) is 0 Å². The van der Waals surface area contributed by atoms with Crippen LogP contribution >= 0.6 is 24.2 Å². The summed E-state index contributed by atoms with van der Waals surface area (Å²) < 4.78 is 26.8. The highest BCUT2D eigenvalue weighted by Crippen LogP contribution is 2.26. The molecule has 0 bridgehead atoms. The highest BCUT2D eigenvalue weighted by atomic mass is 35.5. The first kappa shape index (κ1) is 14.2. The Labute approximate surface area is 123 Å². The molecule has 0 saturated heterocycles. The quantitative estimate of drug-likeness (QED) is 0.848. The molecule has 0 heterocycles. The van der Waals surface area contributed by atoms with Gasteiger partial charge in [-0.1, -0.05) is 29.3 Å². The van der Waals surface area contributed by atoms with E-state index in [0.29, 0.717) is 15.6 Å². The molecule has 0 atom stereocenters. The zero-order valence-corrected chi connectivity index (χ0v) is 12.6. The normalized spacial score (nSPS) is 11.3. The Morgan fingerprint density at radius 1 is 1.11 bits per heavy atom. The number of hydrogen-bond donors (Lipinski definition) is 2. The van der Waals surface area contributed by atoms with Gasteiger partial charge in [-0.2, -0.15) is 0 Å². The third-order valence-electron chi connectivity index (χ3n) is 2.54. The minimum absolute atomic E-state index is 0.209. The summed E-state index contributed by atoms with van der Waals surface area (Å²) in [6.07, 6.45) is 0. The average molecular weight is 314 g/mol. The van der Waals surface area contributed by atoms with Crippen LogP contribution in [0.15, 0.2) is 52.3 Å². The molecule has 6 heteroatoms. The van der Waals surface area contributed by atoms with Crippen molar-refractivity contribution in [2.75, 3.05) is 4.72 Å². The average Bonchev–Trinajstić information content (AvgIpc) is 2.33. The van der Waals surface area contributed by atoms with E-state index in [2.05, 4.69) is 17.4 Å². The lowest BCUT2D eigenvalue weighted by Crippen LogP contribution is -2.13. The van der Waals surface area contributed by atoms with Crippen LogP contribution in [0.3, 0.4) is 0 Å². The van der Waals surface area contributed by atoms with E-state index in [1.54, 1.807) is 42.5 Å². The molecule has 0 spiro atoms. The van der Waals surface area contributed by atoms with Crippen molar-refractivity contribution in [1.29, 1.82) is 0 Å². The Kier molecular flexibility index (Phi) is 4.08. The fourth-order valence-electron chi connectivity index (χ4n) is 1.51. The molecule has 0 aliphatic carbocycles. The maximum atomic E-state index is 12.2. The van der Waals surface area contributed by atoms with Crippen molar-refractivity contribution in [3.05, 3.63) is 53.1 Å². The van der Waals surface area contributed by atoms with Crippen LogP contribution in [-0.2, 0) is 10.0 Å². The van der Waals surface area contributed by atoms with E-state index in [0.717, 1.165) is 5.56 Å². The van der Waals surface area contributed by atoms with Gasteiger partial charge in [0.05, 0.1) is 10.6 Å². The zero-order valence-electron chi connectivity index (χ0n) is 10.1. The van der Waals surface area contributed by atoms with E-state index in [4.69, 9.17) is 11.6 Å². The molecule has 0 aromatic heterocycles. The molecule has 100 valence electrons. The smallest absolute Gasteiger partial charge is 0.261 e. The van der Waals surface area contributed by atoms with E-state index < -0.39 is 10.0 Å². The largest absolute Gasteiger partial charge is 0.279 e. The summed E-state index contributed by atoms with van der Waals surface area (Å²) in [5.74, 6) is 0. The third kappa shape index (κ3) is 3.43. The summed E-state index contributed by atoms with van der Waals surface area (Å²) in [6.45, 7) is 1.90.